The maximum Gasteiger partial charge on any atom is 1.00 e. The fourth-order valence-corrected chi connectivity index (χ4v) is 11.7. The first-order valence-corrected chi connectivity index (χ1v) is 24.0. The fraction of sp³-hybridized carbons (Fsp3) is 0.776. The van der Waals surface area contributed by atoms with Crippen molar-refractivity contribution in [1.82, 2.24) is 5.32 Å². The summed E-state index contributed by atoms with van der Waals surface area (Å²) >= 11 is 5.86. The minimum atomic E-state index is -1.24. The molecule has 4 N–H and O–H groups in total. The van der Waals surface area contributed by atoms with Crippen LogP contribution in [0.2, 0.25) is 0 Å². The van der Waals surface area contributed by atoms with Gasteiger partial charge in [0.05, 0.1) is 47.8 Å². The number of aliphatic hydroxyl groups excluding tert-OH is 1. The third-order valence-corrected chi connectivity index (χ3v) is 16.0. The molecule has 0 aliphatic carbocycles. The van der Waals surface area contributed by atoms with E-state index in [4.69, 9.17) is 35.9 Å². The van der Waals surface area contributed by atoms with Crippen molar-refractivity contribution >= 4 is 34.8 Å². The fourth-order valence-electron chi connectivity index (χ4n) is 11.5. The van der Waals surface area contributed by atoms with Crippen LogP contribution in [0.3, 0.4) is 0 Å². The molecule has 0 radical (unpaired) electrons. The molecule has 63 heavy (non-hydrogen) atoms. The van der Waals surface area contributed by atoms with Gasteiger partial charge in [-0.3, -0.25) is 4.79 Å². The van der Waals surface area contributed by atoms with E-state index in [2.05, 4.69) is 38.3 Å². The van der Waals surface area contributed by atoms with Crippen LogP contribution in [0.4, 0.5) is 5.69 Å². The Labute approximate surface area is 404 Å². The van der Waals surface area contributed by atoms with Gasteiger partial charge in [-0.25, -0.2) is 0 Å². The molecule has 2 spiro atoms. The average Bonchev–Trinajstić information content (AvgIpc) is 3.59. The number of para-hydroxylation sites is 1. The zero-order valence-corrected chi connectivity index (χ0v) is 42.6. The molecule has 4 fully saturated rings. The number of benzene rings is 1. The van der Waals surface area contributed by atoms with Crippen LogP contribution in [0.25, 0.3) is 0 Å². The number of ketones is 1. The molecule has 5 aliphatic heterocycles. The number of nitrogens with one attached hydrogen (secondary N) is 2. The van der Waals surface area contributed by atoms with E-state index < -0.39 is 82.9 Å². The SMILES string of the molecule is CC[C@@H](C(=O)[C@@H](C)[C@@H](O)[C@H](C)[C@@H]1O[C@@H]([C@@H](CC)C(=O)[O-])CC[C@@H]1C)[C@H]1O[C@]2(C=C[C@H](NC(=S)Nc3ccccc3)[C@]3(CC[C@@](C)([C@H]4CC[C@](O)(CC)[C@H](C)O4)O3)O2)[C@H](C)C[C@@H]1C.[Na+]. The summed E-state index contributed by atoms with van der Waals surface area (Å²) in [7, 11) is 0. The second kappa shape index (κ2) is 21.2. The molecule has 1 aromatic carbocycles. The summed E-state index contributed by atoms with van der Waals surface area (Å²) in [6, 6.07) is 9.21. The first-order chi connectivity index (χ1) is 29.3. The summed E-state index contributed by atoms with van der Waals surface area (Å²) in [6.45, 7) is 19.8. The monoisotopic (exact) mass is 907 g/mol. The van der Waals surface area contributed by atoms with Crippen molar-refractivity contribution in [3.05, 3.63) is 42.5 Å². The summed E-state index contributed by atoms with van der Waals surface area (Å²) in [5.74, 6) is -6.12. The number of aliphatic carboxylic acids is 1. The minimum absolute atomic E-state index is 0. The van der Waals surface area contributed by atoms with Crippen LogP contribution in [0.5, 0.6) is 0 Å². The largest absolute Gasteiger partial charge is 1.00 e. The molecule has 0 bridgehead atoms. The number of rotatable bonds is 14. The Morgan fingerprint density at radius 3 is 2.22 bits per heavy atom. The predicted octanol–water partition coefficient (Wildman–Crippen LogP) is 3.85. The summed E-state index contributed by atoms with van der Waals surface area (Å²) in [5, 5.41) is 42.3. The van der Waals surface area contributed by atoms with Crippen LogP contribution in [-0.2, 0) is 33.3 Å². The number of carboxylic acids is 1. The summed E-state index contributed by atoms with van der Waals surface area (Å²) in [5.41, 5.74) is -0.798. The molecule has 4 saturated heterocycles. The summed E-state index contributed by atoms with van der Waals surface area (Å²) in [6.07, 6.45) is 6.88. The normalized spacial score (nSPS) is 40.3. The van der Waals surface area contributed by atoms with Gasteiger partial charge in [0.15, 0.2) is 16.7 Å². The molecule has 1 aromatic rings. The summed E-state index contributed by atoms with van der Waals surface area (Å²) in [4.78, 5) is 26.6. The molecule has 5 aliphatic rings. The Morgan fingerprint density at radius 1 is 0.921 bits per heavy atom. The van der Waals surface area contributed by atoms with Crippen molar-refractivity contribution in [3.63, 3.8) is 0 Å². The molecular weight excluding hydrogens is 832 g/mol. The van der Waals surface area contributed by atoms with Gasteiger partial charge in [-0.15, -0.1) is 0 Å². The van der Waals surface area contributed by atoms with E-state index in [1.807, 2.05) is 77.1 Å². The number of Topliss-reactive ketones (excluding diaryl/α,β-unsaturated/α-hetero) is 1. The number of anilines is 1. The van der Waals surface area contributed by atoms with Gasteiger partial charge in [0.25, 0.3) is 0 Å². The number of ether oxygens (including phenoxy) is 5. The van der Waals surface area contributed by atoms with Gasteiger partial charge < -0.3 is 54.4 Å². The average molecular weight is 907 g/mol. The van der Waals surface area contributed by atoms with Crippen LogP contribution in [0, 0.1) is 41.4 Å². The molecule has 18 atom stereocenters. The number of carboxylic acid groups (broad SMARTS) is 1. The molecule has 6 rings (SSSR count). The quantitative estimate of drug-likeness (QED) is 0.121. The Hall–Kier alpha value is -1.49. The maximum absolute atomic E-state index is 14.7. The Bertz CT molecular complexity index is 1760. The van der Waals surface area contributed by atoms with Crippen LogP contribution in [-0.4, -0.2) is 92.5 Å². The Balaban J connectivity index is 0.00000748. The number of hydrogen-bond acceptors (Lipinski definition) is 11. The topological polar surface area (TPSA) is 168 Å². The zero-order valence-electron chi connectivity index (χ0n) is 39.8. The number of carbonyl (C=O) groups is 2. The molecule has 0 saturated carbocycles. The second-order valence-electron chi connectivity index (χ2n) is 19.9. The van der Waals surface area contributed by atoms with E-state index in [0.717, 1.165) is 18.5 Å². The molecule has 14 heteroatoms. The Morgan fingerprint density at radius 2 is 1.60 bits per heavy atom. The summed E-state index contributed by atoms with van der Waals surface area (Å²) < 4.78 is 34.8. The van der Waals surface area contributed by atoms with Crippen LogP contribution in [0.15, 0.2) is 42.5 Å². The van der Waals surface area contributed by atoms with E-state index in [1.165, 1.54) is 0 Å². The zero-order chi connectivity index (χ0) is 45.4. The predicted molar refractivity (Wildman–Crippen MR) is 240 cm³/mol. The van der Waals surface area contributed by atoms with Gasteiger partial charge in [-0.05, 0) is 114 Å². The third kappa shape index (κ3) is 10.8. The van der Waals surface area contributed by atoms with Crippen molar-refractivity contribution in [2.75, 3.05) is 5.32 Å². The van der Waals surface area contributed by atoms with Gasteiger partial charge in [0.1, 0.15) is 11.8 Å². The number of aliphatic hydroxyl groups is 2. The maximum atomic E-state index is 14.7. The Kier molecular flexibility index (Phi) is 17.7. The van der Waals surface area contributed by atoms with Crippen molar-refractivity contribution in [3.8, 4) is 0 Å². The van der Waals surface area contributed by atoms with E-state index >= 15 is 0 Å². The van der Waals surface area contributed by atoms with Gasteiger partial charge >= 0.3 is 29.6 Å². The third-order valence-electron chi connectivity index (χ3n) is 15.8. The van der Waals surface area contributed by atoms with Crippen molar-refractivity contribution in [2.24, 2.45) is 41.4 Å². The molecule has 0 unspecified atom stereocenters. The van der Waals surface area contributed by atoms with Crippen LogP contribution < -0.4 is 45.3 Å². The van der Waals surface area contributed by atoms with E-state index in [1.54, 1.807) is 6.92 Å². The molecule has 0 amide bonds. The molecule has 5 heterocycles. The van der Waals surface area contributed by atoms with Gasteiger partial charge in [-0.1, -0.05) is 79.7 Å². The van der Waals surface area contributed by atoms with Gasteiger partial charge in [0, 0.05) is 47.7 Å². The molecule has 12 nitrogen and oxygen atoms in total. The smallest absolute Gasteiger partial charge is 0.550 e. The number of carbonyl (C=O) groups excluding carboxylic acids is 2. The van der Waals surface area contributed by atoms with E-state index in [9.17, 15) is 24.9 Å². The van der Waals surface area contributed by atoms with Crippen molar-refractivity contribution < 1.29 is 78.2 Å². The van der Waals surface area contributed by atoms with Gasteiger partial charge in [0.2, 0.25) is 0 Å². The second-order valence-corrected chi connectivity index (χ2v) is 20.3. The molecule has 0 aromatic heterocycles. The van der Waals surface area contributed by atoms with Crippen LogP contribution in [0.1, 0.15) is 133 Å². The molecule has 348 valence electrons. The number of hydrogen-bond donors (Lipinski definition) is 4. The van der Waals surface area contributed by atoms with E-state index in [-0.39, 0.29) is 65.3 Å². The standard InChI is InChI=1S/C49H76N2O10S.Na/c1-11-35(44(54)55)37-20-19-28(4)42(58-37)32(8)40(52)31(7)41(53)36(12-2)43-29(5)27-30(6)48(59-43)24-21-38(51-45(62)50-34-17-15-14-16-18-34)49(61-48)26-25-46(10,60-49)39-22-23-47(56,13-3)33(9)57-39;/h14-18,21,24,28-33,35-40,42-43,52,56H,11-13,19-20,22-23,25-27H2,1-10H3,(H,54,55)(H2,50,51,62);/q;+1/p-1/t28-,29-,30+,31-,32-,33-,35+,36-,37+,38-,39+,40+,42+,43-,46-,47+,48-,49-;/m0./s1. The van der Waals surface area contributed by atoms with Crippen LogP contribution >= 0.6 is 12.2 Å². The van der Waals surface area contributed by atoms with Gasteiger partial charge in [-0.2, -0.15) is 0 Å². The first-order valence-electron chi connectivity index (χ1n) is 23.6. The van der Waals surface area contributed by atoms with Crippen molar-refractivity contribution in [1.29, 1.82) is 0 Å². The minimum Gasteiger partial charge on any atom is -0.550 e. The van der Waals surface area contributed by atoms with E-state index in [0.29, 0.717) is 56.5 Å². The first kappa shape index (κ1) is 52.5. The van der Waals surface area contributed by atoms with Crippen molar-refractivity contribution in [2.45, 2.75) is 199 Å². The number of thiocarbonyl (C=S) groups is 1. The molecular formula is C49H75N2NaO10S.